The molecule has 0 aliphatic rings. The lowest BCUT2D eigenvalue weighted by molar-refractivity contribution is -0.113. The summed E-state index contributed by atoms with van der Waals surface area (Å²) in [6, 6.07) is 11.4. The summed E-state index contributed by atoms with van der Waals surface area (Å²) in [6.07, 6.45) is 4.98. The highest BCUT2D eigenvalue weighted by Crippen LogP contribution is 2.24. The molecule has 2 heterocycles. The van der Waals surface area contributed by atoms with Crippen LogP contribution in [0.25, 0.3) is 11.1 Å². The van der Waals surface area contributed by atoms with Crippen LogP contribution in [-0.4, -0.2) is 26.3 Å². The van der Waals surface area contributed by atoms with Crippen LogP contribution in [-0.2, 0) is 11.3 Å². The van der Waals surface area contributed by atoms with Crippen molar-refractivity contribution in [3.8, 4) is 11.1 Å². The van der Waals surface area contributed by atoms with Gasteiger partial charge in [-0.1, -0.05) is 30.3 Å². The van der Waals surface area contributed by atoms with Gasteiger partial charge >= 0.3 is 5.69 Å². The lowest BCUT2D eigenvalue weighted by Crippen LogP contribution is -2.26. The van der Waals surface area contributed by atoms with E-state index in [9.17, 15) is 9.59 Å². The Labute approximate surface area is 155 Å². The van der Waals surface area contributed by atoms with Crippen LogP contribution in [0.15, 0.2) is 59.8 Å². The average molecular weight is 369 g/mol. The number of hydrogen-bond acceptors (Lipinski definition) is 4. The van der Waals surface area contributed by atoms with E-state index in [-0.39, 0.29) is 11.7 Å². The van der Waals surface area contributed by atoms with Gasteiger partial charge in [0, 0.05) is 29.7 Å². The van der Waals surface area contributed by atoms with E-state index in [0.717, 1.165) is 16.7 Å². The summed E-state index contributed by atoms with van der Waals surface area (Å²) in [5.74, 6) is -0.476. The maximum absolute atomic E-state index is 12.5. The second kappa shape index (κ2) is 7.93. The van der Waals surface area contributed by atoms with Gasteiger partial charge in [0.25, 0.3) is 0 Å². The second-order valence-corrected chi connectivity index (χ2v) is 6.03. The van der Waals surface area contributed by atoms with Gasteiger partial charge in [0.05, 0.1) is 6.54 Å². The summed E-state index contributed by atoms with van der Waals surface area (Å²) in [4.78, 5) is 32.3. The van der Waals surface area contributed by atoms with Gasteiger partial charge in [-0.25, -0.2) is 4.79 Å². The Balaban J connectivity index is 2.08. The zero-order valence-corrected chi connectivity index (χ0v) is 14.9. The Morgan fingerprint density at radius 3 is 2.73 bits per heavy atom. The van der Waals surface area contributed by atoms with Gasteiger partial charge in [0.15, 0.2) is 0 Å². The van der Waals surface area contributed by atoms with Gasteiger partial charge in [-0.05, 0) is 24.1 Å². The number of alkyl halides is 1. The van der Waals surface area contributed by atoms with E-state index >= 15 is 0 Å². The van der Waals surface area contributed by atoms with Crippen LogP contribution in [0.3, 0.4) is 0 Å². The molecule has 0 aliphatic carbocycles. The van der Waals surface area contributed by atoms with Crippen LogP contribution in [0.1, 0.15) is 11.1 Å². The molecule has 0 aliphatic heterocycles. The summed E-state index contributed by atoms with van der Waals surface area (Å²) in [5, 5.41) is 2.58. The number of nitrogens with zero attached hydrogens (tertiary/aromatic N) is 3. The first-order valence-electron chi connectivity index (χ1n) is 8.00. The Morgan fingerprint density at radius 2 is 2.04 bits per heavy atom. The summed E-state index contributed by atoms with van der Waals surface area (Å²) < 4.78 is 1.51. The van der Waals surface area contributed by atoms with Crippen molar-refractivity contribution in [3.05, 3.63) is 76.6 Å². The van der Waals surface area contributed by atoms with Gasteiger partial charge in [-0.3, -0.25) is 14.3 Å². The van der Waals surface area contributed by atoms with E-state index in [1.807, 2.05) is 37.3 Å². The molecule has 3 aromatic rings. The van der Waals surface area contributed by atoms with Crippen LogP contribution in [0.5, 0.6) is 0 Å². The highest BCUT2D eigenvalue weighted by molar-refractivity contribution is 6.29. The summed E-state index contributed by atoms with van der Waals surface area (Å²) in [6.45, 7) is 2.38. The molecule has 0 spiro atoms. The predicted molar refractivity (Wildman–Crippen MR) is 101 cm³/mol. The summed E-state index contributed by atoms with van der Waals surface area (Å²) in [5.41, 5.74) is 2.99. The molecule has 26 heavy (non-hydrogen) atoms. The number of rotatable bonds is 5. The first kappa shape index (κ1) is 17.8. The third-order valence-corrected chi connectivity index (χ3v) is 4.19. The standard InChI is InChI=1S/C19H17ClN4O2/c1-13-5-2-3-6-15(13)11-24-12-16(14-7-4-8-21-10-14)18(23-19(24)26)22-17(25)9-20/h2-8,10,12H,9,11H2,1H3,(H,22,23,25,26). The van der Waals surface area contributed by atoms with Crippen molar-refractivity contribution in [2.45, 2.75) is 13.5 Å². The third-order valence-electron chi connectivity index (χ3n) is 3.95. The molecule has 0 atom stereocenters. The molecule has 0 saturated carbocycles. The molecule has 132 valence electrons. The molecule has 0 fully saturated rings. The monoisotopic (exact) mass is 368 g/mol. The number of carbonyl (C=O) groups is 1. The van der Waals surface area contributed by atoms with E-state index in [0.29, 0.717) is 12.1 Å². The number of carbonyl (C=O) groups excluding carboxylic acids is 1. The molecular formula is C19H17ClN4O2. The van der Waals surface area contributed by atoms with E-state index in [2.05, 4.69) is 15.3 Å². The van der Waals surface area contributed by atoms with Gasteiger partial charge in [-0.15, -0.1) is 11.6 Å². The van der Waals surface area contributed by atoms with E-state index < -0.39 is 11.6 Å². The molecule has 0 radical (unpaired) electrons. The number of aromatic nitrogens is 3. The maximum Gasteiger partial charge on any atom is 0.349 e. The number of amides is 1. The van der Waals surface area contributed by atoms with Crippen molar-refractivity contribution in [2.24, 2.45) is 0 Å². The van der Waals surface area contributed by atoms with Crippen molar-refractivity contribution in [1.29, 1.82) is 0 Å². The predicted octanol–water partition coefficient (Wildman–Crippen LogP) is 2.84. The van der Waals surface area contributed by atoms with Crippen molar-refractivity contribution < 1.29 is 4.79 Å². The molecule has 7 heteroatoms. The molecule has 1 N–H and O–H groups in total. The van der Waals surface area contributed by atoms with E-state index in [4.69, 9.17) is 11.6 Å². The SMILES string of the molecule is Cc1ccccc1Cn1cc(-c2cccnc2)c(NC(=O)CCl)nc1=O. The largest absolute Gasteiger partial charge is 0.349 e. The number of pyridine rings is 1. The molecule has 1 aromatic carbocycles. The highest BCUT2D eigenvalue weighted by atomic mass is 35.5. The van der Waals surface area contributed by atoms with Gasteiger partial charge < -0.3 is 5.32 Å². The minimum absolute atomic E-state index is 0.176. The van der Waals surface area contributed by atoms with Crippen molar-refractivity contribution in [2.75, 3.05) is 11.2 Å². The third kappa shape index (κ3) is 3.97. The maximum atomic E-state index is 12.5. The average Bonchev–Trinajstić information content (AvgIpc) is 2.66. The van der Waals surface area contributed by atoms with Crippen LogP contribution in [0.2, 0.25) is 0 Å². The molecule has 3 rings (SSSR count). The molecule has 0 saturated heterocycles. The smallest absolute Gasteiger partial charge is 0.309 e. The quantitative estimate of drug-likeness (QED) is 0.702. The first-order valence-corrected chi connectivity index (χ1v) is 8.54. The fourth-order valence-electron chi connectivity index (χ4n) is 2.57. The lowest BCUT2D eigenvalue weighted by Gasteiger charge is -2.13. The first-order chi connectivity index (χ1) is 12.6. The van der Waals surface area contributed by atoms with Gasteiger partial charge in [-0.2, -0.15) is 4.98 Å². The van der Waals surface area contributed by atoms with Gasteiger partial charge in [0.1, 0.15) is 11.7 Å². The summed E-state index contributed by atoms with van der Waals surface area (Å²) in [7, 11) is 0. The molecule has 0 unspecified atom stereocenters. The molecule has 6 nitrogen and oxygen atoms in total. The number of benzene rings is 1. The topological polar surface area (TPSA) is 76.9 Å². The molecule has 2 aromatic heterocycles. The van der Waals surface area contributed by atoms with Crippen LogP contribution in [0, 0.1) is 6.92 Å². The van der Waals surface area contributed by atoms with E-state index in [1.54, 1.807) is 24.7 Å². The number of hydrogen-bond donors (Lipinski definition) is 1. The number of anilines is 1. The lowest BCUT2D eigenvalue weighted by atomic mass is 10.1. The van der Waals surface area contributed by atoms with Crippen molar-refractivity contribution in [3.63, 3.8) is 0 Å². The number of halogens is 1. The minimum Gasteiger partial charge on any atom is -0.309 e. The van der Waals surface area contributed by atoms with E-state index in [1.165, 1.54) is 4.57 Å². The molecule has 1 amide bonds. The van der Waals surface area contributed by atoms with Gasteiger partial charge in [0.2, 0.25) is 5.91 Å². The van der Waals surface area contributed by atoms with Crippen LogP contribution < -0.4 is 11.0 Å². The fourth-order valence-corrected chi connectivity index (χ4v) is 2.64. The zero-order chi connectivity index (χ0) is 18.5. The van der Waals surface area contributed by atoms with Crippen molar-refractivity contribution >= 4 is 23.3 Å². The summed E-state index contributed by atoms with van der Waals surface area (Å²) >= 11 is 5.56. The number of aryl methyl sites for hydroxylation is 1. The Morgan fingerprint density at radius 1 is 1.23 bits per heavy atom. The Kier molecular flexibility index (Phi) is 5.43. The molecular weight excluding hydrogens is 352 g/mol. The Bertz CT molecular complexity index is 986. The second-order valence-electron chi connectivity index (χ2n) is 5.76. The number of nitrogens with one attached hydrogen (secondary N) is 1. The molecule has 0 bridgehead atoms. The minimum atomic E-state index is -0.453. The Hall–Kier alpha value is -2.99. The van der Waals surface area contributed by atoms with Crippen molar-refractivity contribution in [1.82, 2.24) is 14.5 Å². The van der Waals surface area contributed by atoms with Crippen LogP contribution >= 0.6 is 11.6 Å². The fraction of sp³-hybridized carbons (Fsp3) is 0.158. The van der Waals surface area contributed by atoms with Crippen LogP contribution in [0.4, 0.5) is 5.82 Å². The normalized spacial score (nSPS) is 10.5. The zero-order valence-electron chi connectivity index (χ0n) is 14.1. The highest BCUT2D eigenvalue weighted by Gasteiger charge is 2.14.